The molecule has 0 saturated carbocycles. The first-order valence-corrected chi connectivity index (χ1v) is 5.58. The fraction of sp³-hybridized carbons (Fsp3) is 0.333. The number of nitrogens with zero attached hydrogens (tertiary/aromatic N) is 3. The Kier molecular flexibility index (Phi) is 2.22. The monoisotopic (exact) mass is 214 g/mol. The second kappa shape index (κ2) is 3.72. The van der Waals surface area contributed by atoms with Gasteiger partial charge in [0.2, 0.25) is 0 Å². The molecule has 0 amide bonds. The Hall–Kier alpha value is -1.68. The standard InChI is InChI=1S/C12H14N4/c1-9-12-14-11(10-5-3-2-4-6-10)15-16(12)8-7-13-9/h2-6,9,13H,7-8H2,1H3/t9-/m0/s1. The predicted molar refractivity (Wildman–Crippen MR) is 61.9 cm³/mol. The first kappa shape index (κ1) is 9.54. The summed E-state index contributed by atoms with van der Waals surface area (Å²) in [5, 5.41) is 7.92. The van der Waals surface area contributed by atoms with Gasteiger partial charge in [0.05, 0.1) is 12.6 Å². The molecule has 2 heterocycles. The van der Waals surface area contributed by atoms with Crippen LogP contribution in [0.25, 0.3) is 11.4 Å². The van der Waals surface area contributed by atoms with Crippen LogP contribution in [-0.2, 0) is 6.54 Å². The first-order valence-electron chi connectivity index (χ1n) is 5.58. The van der Waals surface area contributed by atoms with Gasteiger partial charge in [-0.25, -0.2) is 9.67 Å². The average Bonchev–Trinajstić information content (AvgIpc) is 2.76. The summed E-state index contributed by atoms with van der Waals surface area (Å²) < 4.78 is 2.00. The zero-order valence-electron chi connectivity index (χ0n) is 9.22. The Labute approximate surface area is 94.3 Å². The Morgan fingerprint density at radius 1 is 1.31 bits per heavy atom. The summed E-state index contributed by atoms with van der Waals surface area (Å²) in [6, 6.07) is 10.4. The highest BCUT2D eigenvalue weighted by Gasteiger charge is 2.20. The molecule has 1 atom stereocenters. The first-order chi connectivity index (χ1) is 7.84. The van der Waals surface area contributed by atoms with Crippen LogP contribution in [0.4, 0.5) is 0 Å². The third kappa shape index (κ3) is 1.51. The third-order valence-electron chi connectivity index (χ3n) is 2.89. The van der Waals surface area contributed by atoms with E-state index in [2.05, 4.69) is 22.3 Å². The van der Waals surface area contributed by atoms with E-state index in [0.29, 0.717) is 6.04 Å². The van der Waals surface area contributed by atoms with Crippen LogP contribution in [0.3, 0.4) is 0 Å². The van der Waals surface area contributed by atoms with Crippen molar-refractivity contribution in [2.24, 2.45) is 0 Å². The van der Waals surface area contributed by atoms with Gasteiger partial charge < -0.3 is 5.32 Å². The van der Waals surface area contributed by atoms with Crippen LogP contribution in [0.15, 0.2) is 30.3 Å². The van der Waals surface area contributed by atoms with Crippen LogP contribution in [0, 0.1) is 0 Å². The molecular formula is C12H14N4. The van der Waals surface area contributed by atoms with Crippen molar-refractivity contribution < 1.29 is 0 Å². The van der Waals surface area contributed by atoms with Crippen molar-refractivity contribution in [2.45, 2.75) is 19.5 Å². The Morgan fingerprint density at radius 2 is 2.12 bits per heavy atom. The third-order valence-corrected chi connectivity index (χ3v) is 2.89. The topological polar surface area (TPSA) is 42.7 Å². The smallest absolute Gasteiger partial charge is 0.181 e. The molecule has 0 fully saturated rings. The summed E-state index contributed by atoms with van der Waals surface area (Å²) in [7, 11) is 0. The van der Waals surface area contributed by atoms with Crippen LogP contribution in [0.1, 0.15) is 18.8 Å². The Morgan fingerprint density at radius 3 is 2.88 bits per heavy atom. The molecule has 82 valence electrons. The second-order valence-corrected chi connectivity index (χ2v) is 4.06. The van der Waals surface area contributed by atoms with Gasteiger partial charge in [-0.15, -0.1) is 0 Å². The van der Waals surface area contributed by atoms with Gasteiger partial charge in [0.15, 0.2) is 5.82 Å². The molecule has 0 bridgehead atoms. The van der Waals surface area contributed by atoms with Gasteiger partial charge in [-0.3, -0.25) is 0 Å². The molecule has 0 aliphatic carbocycles. The number of fused-ring (bicyclic) bond motifs is 1. The molecule has 1 aliphatic rings. The molecular weight excluding hydrogens is 200 g/mol. The highest BCUT2D eigenvalue weighted by Crippen LogP contribution is 2.20. The van der Waals surface area contributed by atoms with Gasteiger partial charge in [0.25, 0.3) is 0 Å². The van der Waals surface area contributed by atoms with E-state index in [4.69, 9.17) is 0 Å². The van der Waals surface area contributed by atoms with Gasteiger partial charge >= 0.3 is 0 Å². The quantitative estimate of drug-likeness (QED) is 0.784. The van der Waals surface area contributed by atoms with Gasteiger partial charge in [-0.2, -0.15) is 5.10 Å². The van der Waals surface area contributed by atoms with Crippen molar-refractivity contribution in [3.63, 3.8) is 0 Å². The van der Waals surface area contributed by atoms with Crippen LogP contribution in [0.5, 0.6) is 0 Å². The van der Waals surface area contributed by atoms with Gasteiger partial charge in [0, 0.05) is 12.1 Å². The van der Waals surface area contributed by atoms with Crippen molar-refractivity contribution >= 4 is 0 Å². The fourth-order valence-corrected chi connectivity index (χ4v) is 2.03. The van der Waals surface area contributed by atoms with E-state index in [-0.39, 0.29) is 0 Å². The minimum Gasteiger partial charge on any atom is -0.306 e. The number of hydrogen-bond acceptors (Lipinski definition) is 3. The van der Waals surface area contributed by atoms with E-state index < -0.39 is 0 Å². The number of nitrogens with one attached hydrogen (secondary N) is 1. The molecule has 0 unspecified atom stereocenters. The lowest BCUT2D eigenvalue weighted by molar-refractivity contribution is 0.411. The number of benzene rings is 1. The van der Waals surface area contributed by atoms with Crippen molar-refractivity contribution in [1.82, 2.24) is 20.1 Å². The summed E-state index contributed by atoms with van der Waals surface area (Å²) in [4.78, 5) is 4.59. The van der Waals surface area contributed by atoms with Crippen LogP contribution in [0.2, 0.25) is 0 Å². The van der Waals surface area contributed by atoms with E-state index in [1.165, 1.54) is 0 Å². The molecule has 1 aliphatic heterocycles. The maximum absolute atomic E-state index is 4.59. The highest BCUT2D eigenvalue weighted by atomic mass is 15.4. The van der Waals surface area contributed by atoms with Crippen molar-refractivity contribution in [3.05, 3.63) is 36.2 Å². The second-order valence-electron chi connectivity index (χ2n) is 4.06. The summed E-state index contributed by atoms with van der Waals surface area (Å²) >= 11 is 0. The Bertz CT molecular complexity index is 489. The maximum atomic E-state index is 4.59. The zero-order valence-corrected chi connectivity index (χ0v) is 9.22. The summed E-state index contributed by atoms with van der Waals surface area (Å²) in [6.45, 7) is 3.99. The van der Waals surface area contributed by atoms with E-state index in [9.17, 15) is 0 Å². The molecule has 1 aromatic carbocycles. The fourth-order valence-electron chi connectivity index (χ4n) is 2.03. The number of rotatable bonds is 1. The van der Waals surface area contributed by atoms with Gasteiger partial charge in [-0.05, 0) is 6.92 Å². The number of aromatic nitrogens is 3. The molecule has 2 aromatic rings. The summed E-state index contributed by atoms with van der Waals surface area (Å²) in [6.07, 6.45) is 0. The molecule has 16 heavy (non-hydrogen) atoms. The molecule has 0 spiro atoms. The van der Waals surface area contributed by atoms with E-state index in [1.807, 2.05) is 35.0 Å². The minimum atomic E-state index is 0.290. The minimum absolute atomic E-state index is 0.290. The van der Waals surface area contributed by atoms with Crippen LogP contribution in [-0.4, -0.2) is 21.3 Å². The normalized spacial score (nSPS) is 19.4. The Balaban J connectivity index is 2.05. The van der Waals surface area contributed by atoms with Crippen molar-refractivity contribution in [3.8, 4) is 11.4 Å². The maximum Gasteiger partial charge on any atom is 0.181 e. The van der Waals surface area contributed by atoms with E-state index >= 15 is 0 Å². The molecule has 4 nitrogen and oxygen atoms in total. The highest BCUT2D eigenvalue weighted by molar-refractivity contribution is 5.54. The molecule has 1 N–H and O–H groups in total. The summed E-state index contributed by atoms with van der Waals surface area (Å²) in [5.74, 6) is 1.86. The van der Waals surface area contributed by atoms with E-state index in [1.54, 1.807) is 0 Å². The zero-order chi connectivity index (χ0) is 11.0. The van der Waals surface area contributed by atoms with Gasteiger partial charge in [-0.1, -0.05) is 30.3 Å². The number of hydrogen-bond donors (Lipinski definition) is 1. The van der Waals surface area contributed by atoms with Crippen molar-refractivity contribution in [2.75, 3.05) is 6.54 Å². The molecule has 0 saturated heterocycles. The lowest BCUT2D eigenvalue weighted by atomic mass is 10.2. The predicted octanol–water partition coefficient (Wildman–Crippen LogP) is 1.61. The lowest BCUT2D eigenvalue weighted by Gasteiger charge is -2.19. The largest absolute Gasteiger partial charge is 0.306 e. The average molecular weight is 214 g/mol. The lowest BCUT2D eigenvalue weighted by Crippen LogP contribution is -2.32. The summed E-state index contributed by atoms with van der Waals surface area (Å²) in [5.41, 5.74) is 1.08. The van der Waals surface area contributed by atoms with Crippen LogP contribution >= 0.6 is 0 Å². The molecule has 0 radical (unpaired) electrons. The van der Waals surface area contributed by atoms with Crippen molar-refractivity contribution in [1.29, 1.82) is 0 Å². The molecule has 1 aromatic heterocycles. The SMILES string of the molecule is C[C@@H]1NCCn2nc(-c3ccccc3)nc21. The van der Waals surface area contributed by atoms with E-state index in [0.717, 1.165) is 30.3 Å². The van der Waals surface area contributed by atoms with Gasteiger partial charge in [0.1, 0.15) is 5.82 Å². The van der Waals surface area contributed by atoms with Crippen LogP contribution < -0.4 is 5.32 Å². The molecule has 4 heteroatoms. The molecule has 3 rings (SSSR count).